The molecule has 0 aliphatic heterocycles. The van der Waals surface area contributed by atoms with Crippen molar-refractivity contribution in [3.05, 3.63) is 54.1 Å². The Labute approximate surface area is 157 Å². The van der Waals surface area contributed by atoms with Crippen molar-refractivity contribution < 1.29 is 9.53 Å². The largest absolute Gasteiger partial charge is 0.481 e. The Bertz CT molecular complexity index is 689. The van der Waals surface area contributed by atoms with E-state index in [1.807, 2.05) is 48.5 Å². The highest BCUT2D eigenvalue weighted by atomic mass is 16.5. The van der Waals surface area contributed by atoms with Crippen molar-refractivity contribution in [3.8, 4) is 5.75 Å². The molecule has 2 rings (SSSR count). The quantitative estimate of drug-likeness (QED) is 0.720. The summed E-state index contributed by atoms with van der Waals surface area (Å²) in [6, 6.07) is 15.8. The van der Waals surface area contributed by atoms with Crippen molar-refractivity contribution in [1.29, 1.82) is 0 Å². The fourth-order valence-corrected chi connectivity index (χ4v) is 2.78. The van der Waals surface area contributed by atoms with E-state index in [9.17, 15) is 4.79 Å². The monoisotopic (exact) mass is 354 g/mol. The van der Waals surface area contributed by atoms with Crippen LogP contribution in [-0.2, 0) is 4.79 Å². The second-order valence-corrected chi connectivity index (χ2v) is 6.69. The fraction of sp³-hybridized carbons (Fsp3) is 0.409. The zero-order valence-corrected chi connectivity index (χ0v) is 16.5. The number of carbonyl (C=O) groups excluding carboxylic acids is 1. The molecule has 4 heteroatoms. The molecular formula is C22H30N2O2. The number of nitrogens with one attached hydrogen (secondary N) is 1. The third-order valence-electron chi connectivity index (χ3n) is 4.49. The van der Waals surface area contributed by atoms with Crippen molar-refractivity contribution in [2.45, 2.75) is 46.6 Å². The molecule has 0 fully saturated rings. The maximum absolute atomic E-state index is 12.4. The molecule has 0 aliphatic rings. The van der Waals surface area contributed by atoms with Crippen LogP contribution < -0.4 is 15.0 Å². The predicted molar refractivity (Wildman–Crippen MR) is 109 cm³/mol. The Hall–Kier alpha value is -2.49. The summed E-state index contributed by atoms with van der Waals surface area (Å²) < 4.78 is 5.76. The molecule has 1 atom stereocenters. The van der Waals surface area contributed by atoms with Crippen LogP contribution >= 0.6 is 0 Å². The minimum atomic E-state index is -0.567. The molecule has 26 heavy (non-hydrogen) atoms. The molecular weight excluding hydrogens is 324 g/mol. The van der Waals surface area contributed by atoms with Crippen molar-refractivity contribution in [2.24, 2.45) is 0 Å². The highest BCUT2D eigenvalue weighted by Crippen LogP contribution is 2.21. The summed E-state index contributed by atoms with van der Waals surface area (Å²) in [7, 11) is 0. The van der Waals surface area contributed by atoms with E-state index in [0.29, 0.717) is 11.7 Å². The van der Waals surface area contributed by atoms with E-state index < -0.39 is 6.10 Å². The lowest BCUT2D eigenvalue weighted by molar-refractivity contribution is -0.122. The van der Waals surface area contributed by atoms with Crippen LogP contribution in [0.15, 0.2) is 48.5 Å². The minimum Gasteiger partial charge on any atom is -0.481 e. The lowest BCUT2D eigenvalue weighted by Crippen LogP contribution is -2.30. The first-order valence-corrected chi connectivity index (χ1v) is 9.37. The van der Waals surface area contributed by atoms with Crippen LogP contribution in [0.4, 0.5) is 11.4 Å². The summed E-state index contributed by atoms with van der Waals surface area (Å²) in [5, 5.41) is 2.91. The van der Waals surface area contributed by atoms with Gasteiger partial charge < -0.3 is 15.0 Å². The lowest BCUT2D eigenvalue weighted by Gasteiger charge is -2.21. The Morgan fingerprint density at radius 3 is 2.04 bits per heavy atom. The lowest BCUT2D eigenvalue weighted by atomic mass is 10.0. The van der Waals surface area contributed by atoms with Gasteiger partial charge in [0.15, 0.2) is 6.10 Å². The predicted octanol–water partition coefficient (Wildman–Crippen LogP) is 5.06. The molecule has 0 unspecified atom stereocenters. The molecule has 0 heterocycles. The van der Waals surface area contributed by atoms with Gasteiger partial charge in [0.05, 0.1) is 0 Å². The first-order valence-electron chi connectivity index (χ1n) is 9.37. The van der Waals surface area contributed by atoms with Gasteiger partial charge in [0.2, 0.25) is 0 Å². The van der Waals surface area contributed by atoms with Gasteiger partial charge in [-0.05, 0) is 68.7 Å². The van der Waals surface area contributed by atoms with Gasteiger partial charge in [-0.2, -0.15) is 0 Å². The van der Waals surface area contributed by atoms with Crippen molar-refractivity contribution >= 4 is 17.3 Å². The Kier molecular flexibility index (Phi) is 7.07. The molecule has 1 N–H and O–H groups in total. The van der Waals surface area contributed by atoms with Crippen LogP contribution in [0.3, 0.4) is 0 Å². The number of amides is 1. The molecule has 4 nitrogen and oxygen atoms in total. The van der Waals surface area contributed by atoms with E-state index in [4.69, 9.17) is 4.74 Å². The van der Waals surface area contributed by atoms with Crippen molar-refractivity contribution in [2.75, 3.05) is 23.3 Å². The number of hydrogen-bond donors (Lipinski definition) is 1. The number of carbonyl (C=O) groups is 1. The number of benzene rings is 2. The Balaban J connectivity index is 1.94. The molecule has 0 bridgehead atoms. The molecule has 140 valence electrons. The molecule has 0 radical (unpaired) electrons. The van der Waals surface area contributed by atoms with Crippen LogP contribution in [0.5, 0.6) is 5.75 Å². The van der Waals surface area contributed by atoms with Gasteiger partial charge in [-0.15, -0.1) is 0 Å². The molecule has 1 amide bonds. The van der Waals surface area contributed by atoms with E-state index in [0.717, 1.165) is 24.5 Å². The molecule has 0 aromatic heterocycles. The molecule has 2 aromatic rings. The SMILES string of the molecule is CCN(CC)c1ccc(NC(=O)[C@H](C)Oc2ccc(C(C)C)cc2)cc1. The number of anilines is 2. The highest BCUT2D eigenvalue weighted by molar-refractivity contribution is 5.94. The number of hydrogen-bond acceptors (Lipinski definition) is 3. The van der Waals surface area contributed by atoms with Gasteiger partial charge >= 0.3 is 0 Å². The zero-order chi connectivity index (χ0) is 19.1. The van der Waals surface area contributed by atoms with Gasteiger partial charge in [0.25, 0.3) is 5.91 Å². The van der Waals surface area contributed by atoms with Gasteiger partial charge in [0, 0.05) is 24.5 Å². The molecule has 0 spiro atoms. The summed E-state index contributed by atoms with van der Waals surface area (Å²) >= 11 is 0. The Morgan fingerprint density at radius 2 is 1.54 bits per heavy atom. The van der Waals surface area contributed by atoms with Gasteiger partial charge in [0.1, 0.15) is 5.75 Å². The summed E-state index contributed by atoms with van der Waals surface area (Å²) in [5.41, 5.74) is 3.18. The topological polar surface area (TPSA) is 41.6 Å². The average molecular weight is 354 g/mol. The first-order chi connectivity index (χ1) is 12.4. The Morgan fingerprint density at radius 1 is 0.962 bits per heavy atom. The van der Waals surface area contributed by atoms with E-state index in [1.54, 1.807) is 6.92 Å². The van der Waals surface area contributed by atoms with Crippen LogP contribution in [0, 0.1) is 0 Å². The van der Waals surface area contributed by atoms with Crippen LogP contribution in [0.25, 0.3) is 0 Å². The molecule has 2 aromatic carbocycles. The van der Waals surface area contributed by atoms with E-state index in [-0.39, 0.29) is 5.91 Å². The maximum Gasteiger partial charge on any atom is 0.265 e. The maximum atomic E-state index is 12.4. The van der Waals surface area contributed by atoms with Gasteiger partial charge in [-0.1, -0.05) is 26.0 Å². The third-order valence-corrected chi connectivity index (χ3v) is 4.49. The minimum absolute atomic E-state index is 0.159. The van der Waals surface area contributed by atoms with E-state index in [2.05, 4.69) is 37.9 Å². The number of rotatable bonds is 8. The fourth-order valence-electron chi connectivity index (χ4n) is 2.78. The van der Waals surface area contributed by atoms with Crippen LogP contribution in [0.2, 0.25) is 0 Å². The second-order valence-electron chi connectivity index (χ2n) is 6.69. The standard InChI is InChI=1S/C22H30N2O2/c1-6-24(7-2)20-12-10-19(11-13-20)23-22(25)17(5)26-21-14-8-18(9-15-21)16(3)4/h8-17H,6-7H2,1-5H3,(H,23,25)/t17-/m0/s1. The summed E-state index contributed by atoms with van der Waals surface area (Å²) in [6.45, 7) is 12.2. The zero-order valence-electron chi connectivity index (χ0n) is 16.5. The van der Waals surface area contributed by atoms with Gasteiger partial charge in [-0.25, -0.2) is 0 Å². The third kappa shape index (κ3) is 5.25. The molecule has 0 aliphatic carbocycles. The number of ether oxygens (including phenoxy) is 1. The average Bonchev–Trinajstić information content (AvgIpc) is 2.64. The van der Waals surface area contributed by atoms with E-state index in [1.165, 1.54) is 5.56 Å². The van der Waals surface area contributed by atoms with E-state index >= 15 is 0 Å². The summed E-state index contributed by atoms with van der Waals surface area (Å²) in [4.78, 5) is 14.6. The normalized spacial score (nSPS) is 11.9. The molecule has 0 saturated heterocycles. The number of nitrogens with zero attached hydrogens (tertiary/aromatic N) is 1. The van der Waals surface area contributed by atoms with Crippen LogP contribution in [-0.4, -0.2) is 25.1 Å². The smallest absolute Gasteiger partial charge is 0.265 e. The summed E-state index contributed by atoms with van der Waals surface area (Å²) in [6.07, 6.45) is -0.567. The van der Waals surface area contributed by atoms with Gasteiger partial charge in [-0.3, -0.25) is 4.79 Å². The highest BCUT2D eigenvalue weighted by Gasteiger charge is 2.15. The second kappa shape index (κ2) is 9.27. The van der Waals surface area contributed by atoms with Crippen molar-refractivity contribution in [3.63, 3.8) is 0 Å². The first kappa shape index (κ1) is 19.8. The summed E-state index contributed by atoms with van der Waals surface area (Å²) in [5.74, 6) is 1.02. The molecule has 0 saturated carbocycles. The van der Waals surface area contributed by atoms with Crippen LogP contribution in [0.1, 0.15) is 46.1 Å². The van der Waals surface area contributed by atoms with Crippen molar-refractivity contribution in [1.82, 2.24) is 0 Å².